The Morgan fingerprint density at radius 3 is 1.37 bits per heavy atom. The molecule has 0 fully saturated rings. The highest BCUT2D eigenvalue weighted by atomic mass is 16.5. The summed E-state index contributed by atoms with van der Waals surface area (Å²) in [6, 6.07) is 42.8. The Kier molecular flexibility index (Phi) is 5.12. The van der Waals surface area contributed by atoms with Gasteiger partial charge in [-0.25, -0.2) is 0 Å². The largest absolute Gasteiger partial charge is 0.497 e. The lowest BCUT2D eigenvalue weighted by atomic mass is 9.63. The highest BCUT2D eigenvalue weighted by molar-refractivity contribution is 5.88. The summed E-state index contributed by atoms with van der Waals surface area (Å²) in [6.07, 6.45) is 0. The van der Waals surface area contributed by atoms with Gasteiger partial charge >= 0.3 is 0 Å². The minimum atomic E-state index is -0.576. The van der Waals surface area contributed by atoms with Crippen molar-refractivity contribution in [3.63, 3.8) is 0 Å². The quantitative estimate of drug-likeness (QED) is 0.245. The lowest BCUT2D eigenvalue weighted by molar-refractivity contribution is 0.415. The van der Waals surface area contributed by atoms with E-state index in [1.165, 1.54) is 11.1 Å². The topological polar surface area (TPSA) is 27.7 Å². The van der Waals surface area contributed by atoms with Crippen LogP contribution in [-0.4, -0.2) is 14.2 Å². The standard InChI is InChI=1S/C35H26O3/c1-36-29-17-13-23-19-27(15-11-25(23)21-29)35(28-16-12-26-22-30(37-2)18-14-24(26)20-28)31-7-3-5-9-33(31)38-34-10-6-4-8-32(34)35/h3-22H,1-2H3. The minimum Gasteiger partial charge on any atom is -0.497 e. The van der Waals surface area contributed by atoms with E-state index >= 15 is 0 Å². The van der Waals surface area contributed by atoms with Crippen LogP contribution in [0.15, 0.2) is 121 Å². The molecule has 0 saturated carbocycles. The summed E-state index contributed by atoms with van der Waals surface area (Å²) in [7, 11) is 3.41. The molecule has 0 saturated heterocycles. The second kappa shape index (κ2) is 8.67. The molecule has 1 heterocycles. The molecule has 0 aliphatic carbocycles. The van der Waals surface area contributed by atoms with E-state index < -0.39 is 5.41 Å². The van der Waals surface area contributed by atoms with Gasteiger partial charge in [-0.1, -0.05) is 72.8 Å². The van der Waals surface area contributed by atoms with E-state index in [1.54, 1.807) is 14.2 Å². The van der Waals surface area contributed by atoms with E-state index in [1.807, 2.05) is 24.3 Å². The van der Waals surface area contributed by atoms with Crippen LogP contribution in [0.4, 0.5) is 0 Å². The molecule has 1 aliphatic heterocycles. The van der Waals surface area contributed by atoms with Gasteiger partial charge in [-0.15, -0.1) is 0 Å². The zero-order valence-electron chi connectivity index (χ0n) is 21.3. The highest BCUT2D eigenvalue weighted by Gasteiger charge is 2.45. The second-order valence-corrected chi connectivity index (χ2v) is 9.70. The minimum absolute atomic E-state index is 0.576. The van der Waals surface area contributed by atoms with Gasteiger partial charge in [-0.3, -0.25) is 0 Å². The van der Waals surface area contributed by atoms with E-state index in [0.717, 1.165) is 55.7 Å². The first-order valence-corrected chi connectivity index (χ1v) is 12.7. The summed E-state index contributed by atoms with van der Waals surface area (Å²) in [4.78, 5) is 0. The van der Waals surface area contributed by atoms with Crippen LogP contribution in [0, 0.1) is 0 Å². The number of hydrogen-bond donors (Lipinski definition) is 0. The van der Waals surface area contributed by atoms with Gasteiger partial charge in [-0.2, -0.15) is 0 Å². The fourth-order valence-electron chi connectivity index (χ4n) is 5.95. The van der Waals surface area contributed by atoms with Crippen molar-refractivity contribution in [3.05, 3.63) is 144 Å². The molecule has 3 heteroatoms. The van der Waals surface area contributed by atoms with Crippen molar-refractivity contribution < 1.29 is 14.2 Å². The maximum absolute atomic E-state index is 6.48. The van der Waals surface area contributed by atoms with Gasteiger partial charge in [0.25, 0.3) is 0 Å². The number of rotatable bonds is 4. The Labute approximate surface area is 221 Å². The molecule has 3 nitrogen and oxygen atoms in total. The van der Waals surface area contributed by atoms with E-state index in [4.69, 9.17) is 14.2 Å². The normalized spacial score (nSPS) is 13.4. The third kappa shape index (κ3) is 3.29. The SMILES string of the molecule is COc1ccc2cc(C3(c4ccc5cc(OC)ccc5c4)c4ccccc4Oc4ccccc43)ccc2c1. The Morgan fingerprint density at radius 2 is 0.895 bits per heavy atom. The number of methoxy groups -OCH3 is 2. The molecular formula is C35H26O3. The van der Waals surface area contributed by atoms with Gasteiger partial charge in [0.15, 0.2) is 0 Å². The third-order valence-corrected chi connectivity index (χ3v) is 7.76. The maximum atomic E-state index is 6.48. The second-order valence-electron chi connectivity index (χ2n) is 9.70. The molecule has 6 aromatic rings. The molecule has 0 radical (unpaired) electrons. The molecule has 0 bridgehead atoms. The first-order chi connectivity index (χ1) is 18.7. The van der Waals surface area contributed by atoms with Crippen LogP contribution in [0.1, 0.15) is 22.3 Å². The van der Waals surface area contributed by atoms with Crippen molar-refractivity contribution in [2.75, 3.05) is 14.2 Å². The summed E-state index contributed by atoms with van der Waals surface area (Å²) >= 11 is 0. The molecular weight excluding hydrogens is 468 g/mol. The number of hydrogen-bond acceptors (Lipinski definition) is 3. The van der Waals surface area contributed by atoms with Crippen molar-refractivity contribution in [1.29, 1.82) is 0 Å². The molecule has 0 unspecified atom stereocenters. The summed E-state index contributed by atoms with van der Waals surface area (Å²) in [6.45, 7) is 0. The predicted octanol–water partition coefficient (Wildman–Crippen LogP) is 8.50. The molecule has 0 amide bonds. The van der Waals surface area contributed by atoms with Crippen LogP contribution < -0.4 is 14.2 Å². The van der Waals surface area contributed by atoms with Crippen molar-refractivity contribution >= 4 is 21.5 Å². The zero-order chi connectivity index (χ0) is 25.7. The lowest BCUT2D eigenvalue weighted by Crippen LogP contribution is -2.34. The zero-order valence-corrected chi connectivity index (χ0v) is 21.3. The monoisotopic (exact) mass is 494 g/mol. The van der Waals surface area contributed by atoms with Gasteiger partial charge in [0.05, 0.1) is 19.6 Å². The van der Waals surface area contributed by atoms with Crippen molar-refractivity contribution in [1.82, 2.24) is 0 Å². The van der Waals surface area contributed by atoms with Crippen molar-refractivity contribution in [2.45, 2.75) is 5.41 Å². The Morgan fingerprint density at radius 1 is 0.474 bits per heavy atom. The fraction of sp³-hybridized carbons (Fsp3) is 0.0857. The first-order valence-electron chi connectivity index (χ1n) is 12.7. The van der Waals surface area contributed by atoms with E-state index in [2.05, 4.69) is 97.1 Å². The number of para-hydroxylation sites is 2. The third-order valence-electron chi connectivity index (χ3n) is 7.76. The average Bonchev–Trinajstić information content (AvgIpc) is 2.98. The molecule has 38 heavy (non-hydrogen) atoms. The van der Waals surface area contributed by atoms with Gasteiger partial charge in [0.1, 0.15) is 23.0 Å². The van der Waals surface area contributed by atoms with E-state index in [0.29, 0.717) is 0 Å². The summed E-state index contributed by atoms with van der Waals surface area (Å²) in [5, 5.41) is 4.61. The summed E-state index contributed by atoms with van der Waals surface area (Å²) in [5.41, 5.74) is 4.05. The summed E-state index contributed by atoms with van der Waals surface area (Å²) < 4.78 is 17.4. The van der Waals surface area contributed by atoms with Crippen LogP contribution in [0.3, 0.4) is 0 Å². The smallest absolute Gasteiger partial charge is 0.132 e. The van der Waals surface area contributed by atoms with Gasteiger partial charge < -0.3 is 14.2 Å². The van der Waals surface area contributed by atoms with Gasteiger partial charge in [0.2, 0.25) is 0 Å². The molecule has 7 rings (SSSR count). The molecule has 0 spiro atoms. The molecule has 0 N–H and O–H groups in total. The van der Waals surface area contributed by atoms with Gasteiger partial charge in [-0.05, 0) is 81.2 Å². The Hall–Kier alpha value is -4.76. The average molecular weight is 495 g/mol. The molecule has 6 aromatic carbocycles. The van der Waals surface area contributed by atoms with Crippen molar-refractivity contribution in [2.24, 2.45) is 0 Å². The van der Waals surface area contributed by atoms with Crippen molar-refractivity contribution in [3.8, 4) is 23.0 Å². The number of fused-ring (bicyclic) bond motifs is 4. The summed E-state index contributed by atoms with van der Waals surface area (Å²) in [5.74, 6) is 3.45. The van der Waals surface area contributed by atoms with Crippen LogP contribution in [0.5, 0.6) is 23.0 Å². The van der Waals surface area contributed by atoms with Crippen LogP contribution in [-0.2, 0) is 5.41 Å². The van der Waals surface area contributed by atoms with Crippen LogP contribution in [0.2, 0.25) is 0 Å². The first kappa shape index (κ1) is 22.4. The highest BCUT2D eigenvalue weighted by Crippen LogP contribution is 2.55. The van der Waals surface area contributed by atoms with E-state index in [9.17, 15) is 0 Å². The Balaban J connectivity index is 1.59. The number of benzene rings is 6. The predicted molar refractivity (Wildman–Crippen MR) is 153 cm³/mol. The fourth-order valence-corrected chi connectivity index (χ4v) is 5.95. The Bertz CT molecular complexity index is 1700. The molecule has 0 atom stereocenters. The lowest BCUT2D eigenvalue weighted by Gasteiger charge is -2.41. The van der Waals surface area contributed by atoms with E-state index in [-0.39, 0.29) is 0 Å². The maximum Gasteiger partial charge on any atom is 0.132 e. The molecule has 184 valence electrons. The number of ether oxygens (including phenoxy) is 3. The van der Waals surface area contributed by atoms with Gasteiger partial charge in [0, 0.05) is 11.1 Å². The van der Waals surface area contributed by atoms with Crippen LogP contribution in [0.25, 0.3) is 21.5 Å². The van der Waals surface area contributed by atoms with Crippen LogP contribution >= 0.6 is 0 Å². The molecule has 1 aliphatic rings. The molecule has 0 aromatic heterocycles.